The highest BCUT2D eigenvalue weighted by atomic mass is 19.4. The zero-order chi connectivity index (χ0) is 18.6. The minimum absolute atomic E-state index is 0.0199. The van der Waals surface area contributed by atoms with Crippen LogP contribution in [0.15, 0.2) is 35.4 Å². The molecule has 0 aliphatic heterocycles. The van der Waals surface area contributed by atoms with Crippen molar-refractivity contribution in [2.75, 3.05) is 24.4 Å². The second kappa shape index (κ2) is 7.50. The van der Waals surface area contributed by atoms with Gasteiger partial charge in [-0.25, -0.2) is 9.97 Å². The highest BCUT2D eigenvalue weighted by Gasteiger charge is 2.32. The van der Waals surface area contributed by atoms with Crippen molar-refractivity contribution in [1.82, 2.24) is 9.97 Å². The molecule has 0 aliphatic rings. The van der Waals surface area contributed by atoms with E-state index in [1.165, 1.54) is 18.2 Å². The van der Waals surface area contributed by atoms with Gasteiger partial charge in [0.25, 0.3) is 0 Å². The maximum atomic E-state index is 13.0. The van der Waals surface area contributed by atoms with Gasteiger partial charge in [0.05, 0.1) is 11.8 Å². The monoisotopic (exact) mass is 351 g/mol. The van der Waals surface area contributed by atoms with Gasteiger partial charge in [0, 0.05) is 31.6 Å². The molecule has 0 atom stereocenters. The summed E-state index contributed by atoms with van der Waals surface area (Å²) in [6.07, 6.45) is -3.30. The van der Waals surface area contributed by atoms with E-state index in [0.29, 0.717) is 17.5 Å². The summed E-state index contributed by atoms with van der Waals surface area (Å²) in [7, 11) is 3.69. The number of nitrogens with one attached hydrogen (secondary N) is 1. The maximum absolute atomic E-state index is 13.0. The molecule has 0 saturated heterocycles. The Labute approximate surface area is 144 Å². The number of hydrazone groups is 1. The van der Waals surface area contributed by atoms with Gasteiger partial charge in [-0.2, -0.15) is 18.3 Å². The van der Waals surface area contributed by atoms with Crippen molar-refractivity contribution >= 4 is 17.9 Å². The quantitative estimate of drug-likeness (QED) is 0.650. The minimum atomic E-state index is -4.43. The smallest absolute Gasteiger partial charge is 0.363 e. The van der Waals surface area contributed by atoms with Gasteiger partial charge >= 0.3 is 6.18 Å². The molecule has 0 fully saturated rings. The van der Waals surface area contributed by atoms with E-state index in [1.54, 1.807) is 6.07 Å². The highest BCUT2D eigenvalue weighted by molar-refractivity contribution is 5.82. The summed E-state index contributed by atoms with van der Waals surface area (Å²) in [5, 5.41) is 3.90. The lowest BCUT2D eigenvalue weighted by Crippen LogP contribution is -2.14. The number of halogens is 3. The lowest BCUT2D eigenvalue weighted by atomic mass is 10.1. The van der Waals surface area contributed by atoms with Crippen molar-refractivity contribution in [2.45, 2.75) is 25.9 Å². The molecule has 0 bridgehead atoms. The van der Waals surface area contributed by atoms with Crippen molar-refractivity contribution in [3.63, 3.8) is 0 Å². The molecule has 1 heterocycles. The maximum Gasteiger partial charge on any atom is 0.417 e. The molecule has 1 aromatic heterocycles. The molecule has 0 saturated carbocycles. The first-order valence-corrected chi connectivity index (χ1v) is 7.70. The Balaban J connectivity index is 2.26. The molecule has 0 unspecified atom stereocenters. The average Bonchev–Trinajstić information content (AvgIpc) is 2.54. The third-order valence-corrected chi connectivity index (χ3v) is 3.35. The van der Waals surface area contributed by atoms with E-state index in [1.807, 2.05) is 32.8 Å². The van der Waals surface area contributed by atoms with Crippen LogP contribution in [0.5, 0.6) is 0 Å². The Morgan fingerprint density at radius 2 is 1.84 bits per heavy atom. The third kappa shape index (κ3) is 4.91. The second-order valence-corrected chi connectivity index (χ2v) is 5.97. The van der Waals surface area contributed by atoms with Crippen molar-refractivity contribution in [3.05, 3.63) is 47.3 Å². The summed E-state index contributed by atoms with van der Waals surface area (Å²) in [5.41, 5.74) is 1.93. The highest BCUT2D eigenvalue weighted by Crippen LogP contribution is 2.31. The van der Waals surface area contributed by atoms with Crippen LogP contribution >= 0.6 is 0 Å². The molecule has 0 aliphatic carbocycles. The fourth-order valence-corrected chi connectivity index (χ4v) is 2.03. The van der Waals surface area contributed by atoms with E-state index in [9.17, 15) is 13.2 Å². The van der Waals surface area contributed by atoms with Gasteiger partial charge in [0.1, 0.15) is 11.6 Å². The van der Waals surface area contributed by atoms with Gasteiger partial charge in [0.2, 0.25) is 0 Å². The molecule has 2 rings (SSSR count). The van der Waals surface area contributed by atoms with Crippen LogP contribution in [0.3, 0.4) is 0 Å². The molecule has 5 nitrogen and oxygen atoms in total. The van der Waals surface area contributed by atoms with Crippen LogP contribution < -0.4 is 10.3 Å². The molecule has 0 spiro atoms. The zero-order valence-corrected chi connectivity index (χ0v) is 14.5. The first-order chi connectivity index (χ1) is 11.7. The molecule has 1 aromatic carbocycles. The van der Waals surface area contributed by atoms with E-state index in [2.05, 4.69) is 20.5 Å². The predicted molar refractivity (Wildman–Crippen MR) is 93.1 cm³/mol. The largest absolute Gasteiger partial charge is 0.417 e. The molecule has 8 heteroatoms. The summed E-state index contributed by atoms with van der Waals surface area (Å²) in [4.78, 5) is 10.6. The van der Waals surface area contributed by atoms with E-state index in [-0.39, 0.29) is 11.5 Å². The van der Waals surface area contributed by atoms with E-state index in [4.69, 9.17) is 0 Å². The number of nitrogens with zero attached hydrogens (tertiary/aromatic N) is 4. The molecule has 2 aromatic rings. The van der Waals surface area contributed by atoms with Crippen LogP contribution in [0.4, 0.5) is 24.8 Å². The number of alkyl halides is 3. The first-order valence-electron chi connectivity index (χ1n) is 7.70. The number of benzene rings is 1. The van der Waals surface area contributed by atoms with Crippen LogP contribution in [0.1, 0.15) is 36.7 Å². The molecule has 134 valence electrons. The van der Waals surface area contributed by atoms with Crippen molar-refractivity contribution in [1.29, 1.82) is 0 Å². The summed E-state index contributed by atoms with van der Waals surface area (Å²) in [6.45, 7) is 3.92. The zero-order valence-electron chi connectivity index (χ0n) is 14.5. The number of rotatable bonds is 5. The molecule has 0 amide bonds. The summed E-state index contributed by atoms with van der Waals surface area (Å²) in [5.74, 6) is 1.84. The van der Waals surface area contributed by atoms with E-state index < -0.39 is 11.7 Å². The van der Waals surface area contributed by atoms with Crippen LogP contribution in [0.2, 0.25) is 0 Å². The Bertz CT molecular complexity index is 728. The van der Waals surface area contributed by atoms with Gasteiger partial charge in [-0.1, -0.05) is 32.0 Å². The second-order valence-electron chi connectivity index (χ2n) is 5.97. The first kappa shape index (κ1) is 18.7. The molecular weight excluding hydrogens is 331 g/mol. The standard InChI is InChI=1S/C17H20F3N5/c1-11(2)16-22-14(9-15(23-16)25(3)4)24-21-10-12-7-5-6-8-13(12)17(18,19)20/h5-11H,1-4H3,(H,22,23,24)/b21-10+. The predicted octanol–water partition coefficient (Wildman–Crippen LogP) is 4.13. The normalized spacial score (nSPS) is 12.0. The van der Waals surface area contributed by atoms with Crippen molar-refractivity contribution in [3.8, 4) is 0 Å². The fourth-order valence-electron chi connectivity index (χ4n) is 2.03. The van der Waals surface area contributed by atoms with Gasteiger partial charge in [-0.05, 0) is 6.07 Å². The fraction of sp³-hybridized carbons (Fsp3) is 0.353. The molecule has 25 heavy (non-hydrogen) atoms. The minimum Gasteiger partial charge on any atom is -0.363 e. The molecule has 0 radical (unpaired) electrons. The average molecular weight is 351 g/mol. The van der Waals surface area contributed by atoms with Crippen LogP contribution in [-0.2, 0) is 6.18 Å². The SMILES string of the molecule is CC(C)c1nc(N/N=C/c2ccccc2C(F)(F)F)cc(N(C)C)n1. The lowest BCUT2D eigenvalue weighted by Gasteiger charge is -2.15. The van der Waals surface area contributed by atoms with Gasteiger partial charge < -0.3 is 4.90 Å². The Morgan fingerprint density at radius 1 is 1.16 bits per heavy atom. The number of aromatic nitrogens is 2. The van der Waals surface area contributed by atoms with Crippen molar-refractivity contribution in [2.24, 2.45) is 5.10 Å². The van der Waals surface area contributed by atoms with Crippen LogP contribution in [0.25, 0.3) is 0 Å². The van der Waals surface area contributed by atoms with Gasteiger partial charge in [-0.15, -0.1) is 0 Å². The third-order valence-electron chi connectivity index (χ3n) is 3.35. The lowest BCUT2D eigenvalue weighted by molar-refractivity contribution is -0.137. The van der Waals surface area contributed by atoms with Gasteiger partial charge in [-0.3, -0.25) is 5.43 Å². The number of anilines is 2. The molecular formula is C17H20F3N5. The summed E-state index contributed by atoms with van der Waals surface area (Å²) >= 11 is 0. The number of hydrogen-bond acceptors (Lipinski definition) is 5. The summed E-state index contributed by atoms with van der Waals surface area (Å²) < 4.78 is 38.9. The summed E-state index contributed by atoms with van der Waals surface area (Å²) in [6, 6.07) is 6.93. The Kier molecular flexibility index (Phi) is 5.61. The Hall–Kier alpha value is -2.64. The van der Waals surface area contributed by atoms with Crippen molar-refractivity contribution < 1.29 is 13.2 Å². The van der Waals surface area contributed by atoms with E-state index in [0.717, 1.165) is 12.3 Å². The number of hydrogen-bond donors (Lipinski definition) is 1. The topological polar surface area (TPSA) is 53.4 Å². The molecule has 1 N–H and O–H groups in total. The Morgan fingerprint density at radius 3 is 2.44 bits per heavy atom. The van der Waals surface area contributed by atoms with E-state index >= 15 is 0 Å². The van der Waals surface area contributed by atoms with Gasteiger partial charge in [0.15, 0.2) is 5.82 Å². The van der Waals surface area contributed by atoms with Crippen LogP contribution in [0, 0.1) is 0 Å². The van der Waals surface area contributed by atoms with Crippen LogP contribution in [-0.4, -0.2) is 30.3 Å².